The van der Waals surface area contributed by atoms with E-state index in [0.717, 1.165) is 83.5 Å². The third-order valence-electron chi connectivity index (χ3n) is 19.3. The number of aliphatic carboxylic acids is 2. The van der Waals surface area contributed by atoms with Gasteiger partial charge in [-0.15, -0.1) is 0 Å². The number of nitrogens with zero attached hydrogens (tertiary/aromatic N) is 1. The summed E-state index contributed by atoms with van der Waals surface area (Å²) in [5, 5.41) is 35.5. The van der Waals surface area contributed by atoms with Crippen LogP contribution in [0.3, 0.4) is 0 Å². The lowest BCUT2D eigenvalue weighted by Crippen LogP contribution is -2.23. The Morgan fingerprint density at radius 3 is 1.02 bits per heavy atom. The fourth-order valence-corrected chi connectivity index (χ4v) is 13.5. The number of furan rings is 3. The van der Waals surface area contributed by atoms with Crippen LogP contribution in [0.2, 0.25) is 0 Å². The molecule has 0 aliphatic heterocycles. The van der Waals surface area contributed by atoms with Crippen molar-refractivity contribution in [3.05, 3.63) is 248 Å². The predicted octanol–water partition coefficient (Wildman–Crippen LogP) is 15.3. The largest absolute Gasteiger partial charge is 0.494 e. The molecule has 612 valence electrons. The summed E-state index contributed by atoms with van der Waals surface area (Å²) in [5.41, 5.74) is 15.5. The fraction of sp³-hybridized carbons (Fsp3) is 0.258. The van der Waals surface area contributed by atoms with Crippen molar-refractivity contribution in [2.75, 3.05) is 105 Å². The van der Waals surface area contributed by atoms with E-state index in [2.05, 4.69) is 31.9 Å². The van der Waals surface area contributed by atoms with Crippen LogP contribution < -0.4 is 60.3 Å². The molecule has 12 rings (SSSR count). The number of benzene rings is 6. The average molecular weight is 1600 g/mol. The molecule has 0 unspecified atom stereocenters. The van der Waals surface area contributed by atoms with E-state index in [1.807, 2.05) is 82.3 Å². The standard InChI is InChI=1S/C32H36FN3O6.C29H29FN2O6.C28H27FN2O6/c1-20-25(24-9-8-22(33)16-27(24)26(20)17-30(37)34-18-23-7-6-11-41-23)13-21-14-28(39-4)32(29(15-21)40-5)35-19-31(38)42-12-10-36(2)3;1-17-22(11-18-12-25(36-2)29(26(13-18)37-3)31-9-8-28(34)35)21-7-6-19(30)14-24(21)23(17)15-27(33)32-16-20-5-4-10-38-20;1-16-21(9-17-10-24(35-2)28(25(11-17)36-3)31-15-27(33)34)20-7-6-18(29)12-23(20)22(16)13-26(32)30-14-19-5-4-8-37-19/h6-9,11,13-16,35H,10,12,17-19H2,1-5H3,(H,34,37);4-7,10-14,31H,8-9,15-16H2,1-3H3,(H,32,33)(H,34,35);4-12,31H,13-15H2,1-3H3,(H,30,32)(H,33,34)/b25-13-;22-11-;21-9-. The molecule has 0 atom stereocenters. The first-order valence-electron chi connectivity index (χ1n) is 37.1. The maximum absolute atomic E-state index is 14.3. The summed E-state index contributed by atoms with van der Waals surface area (Å²) in [6.45, 7) is 7.28. The van der Waals surface area contributed by atoms with Crippen molar-refractivity contribution in [3.63, 3.8) is 0 Å². The average Bonchev–Trinajstić information content (AvgIpc) is 1.63. The molecule has 0 saturated heterocycles. The highest BCUT2D eigenvalue weighted by Gasteiger charge is 2.31. The number of carbonyl (C=O) groups is 6. The number of likely N-dealkylation sites (N-methyl/N-ethyl adjacent to an activating group) is 1. The molecule has 3 aliphatic carbocycles. The minimum absolute atomic E-state index is 0.0622. The topological polar surface area (TPSA) is 322 Å². The molecular formula is C89H92F3N7O18. The third kappa shape index (κ3) is 22.2. The zero-order valence-corrected chi connectivity index (χ0v) is 66.6. The predicted molar refractivity (Wildman–Crippen MR) is 440 cm³/mol. The minimum Gasteiger partial charge on any atom is -0.494 e. The van der Waals surface area contributed by atoms with Gasteiger partial charge < -0.3 is 93.4 Å². The summed E-state index contributed by atoms with van der Waals surface area (Å²) in [5.74, 6) is 0.558. The number of ether oxygens (including phenoxy) is 7. The van der Waals surface area contributed by atoms with Gasteiger partial charge in [-0.3, -0.25) is 28.8 Å². The maximum atomic E-state index is 14.3. The first-order chi connectivity index (χ1) is 56.3. The first kappa shape index (κ1) is 85.8. The van der Waals surface area contributed by atoms with Crippen molar-refractivity contribution in [1.82, 2.24) is 20.9 Å². The number of nitrogens with one attached hydrogen (secondary N) is 6. The first-order valence-corrected chi connectivity index (χ1v) is 37.1. The molecule has 0 radical (unpaired) electrons. The number of amides is 3. The van der Waals surface area contributed by atoms with Crippen LogP contribution in [0.25, 0.3) is 51.7 Å². The Morgan fingerprint density at radius 2 is 0.735 bits per heavy atom. The third-order valence-corrected chi connectivity index (χ3v) is 19.3. The van der Waals surface area contributed by atoms with E-state index in [0.29, 0.717) is 98.7 Å². The van der Waals surface area contributed by atoms with E-state index in [4.69, 9.17) is 56.6 Å². The molecule has 9 aromatic rings. The summed E-state index contributed by atoms with van der Waals surface area (Å²) in [4.78, 5) is 74.4. The highest BCUT2D eigenvalue weighted by Crippen LogP contribution is 2.49. The highest BCUT2D eigenvalue weighted by atomic mass is 19.1. The molecule has 3 aromatic heterocycles. The van der Waals surface area contributed by atoms with Gasteiger partial charge in [-0.05, 0) is 263 Å². The van der Waals surface area contributed by atoms with Crippen LogP contribution in [0.4, 0.5) is 30.2 Å². The van der Waals surface area contributed by atoms with E-state index >= 15 is 0 Å². The number of fused-ring (bicyclic) bond motifs is 3. The van der Waals surface area contributed by atoms with Gasteiger partial charge in [0.1, 0.15) is 106 Å². The van der Waals surface area contributed by atoms with Crippen LogP contribution in [0.5, 0.6) is 34.5 Å². The SMILES string of the molecule is COc1cc(/C=C2/C(C)=C(CC(=O)NCc3ccco3)c3cc(F)ccc32)cc(OC)c1NCC(=O)O.COc1cc(/C=C2/C(C)=C(CC(=O)NCc3ccco3)c3cc(F)ccc32)cc(OC)c1NCC(=O)OCCN(C)C.COc1cc(/C=C2/C(C)=C(CC(=O)NCc3ccco3)c3cc(F)ccc32)cc(OC)c1NCCC(=O)O. The highest BCUT2D eigenvalue weighted by molar-refractivity contribution is 6.11. The second kappa shape index (κ2) is 40.4. The molecule has 3 aliphatic rings. The Labute approximate surface area is 674 Å². The number of carboxylic acids is 2. The van der Waals surface area contributed by atoms with Gasteiger partial charge in [0.25, 0.3) is 0 Å². The number of rotatable bonds is 34. The summed E-state index contributed by atoms with van der Waals surface area (Å²) >= 11 is 0. The lowest BCUT2D eigenvalue weighted by Gasteiger charge is -2.16. The number of hydrogen-bond acceptors (Lipinski definition) is 20. The van der Waals surface area contributed by atoms with E-state index in [9.17, 15) is 41.9 Å². The monoisotopic (exact) mass is 1600 g/mol. The van der Waals surface area contributed by atoms with Crippen molar-refractivity contribution in [2.24, 2.45) is 0 Å². The Kier molecular flexibility index (Phi) is 29.6. The maximum Gasteiger partial charge on any atom is 0.325 e. The molecule has 6 aromatic carbocycles. The molecule has 3 amide bonds. The lowest BCUT2D eigenvalue weighted by atomic mass is 10.00. The molecule has 8 N–H and O–H groups in total. The van der Waals surface area contributed by atoms with Crippen LogP contribution in [0.1, 0.15) is 114 Å². The molecule has 28 heteroatoms. The van der Waals surface area contributed by atoms with Gasteiger partial charge >= 0.3 is 17.9 Å². The number of carbonyl (C=O) groups excluding carboxylic acids is 4. The van der Waals surface area contributed by atoms with Crippen molar-refractivity contribution in [2.45, 2.75) is 66.1 Å². The molecule has 0 bridgehead atoms. The van der Waals surface area contributed by atoms with Crippen molar-refractivity contribution >= 4 is 104 Å². The Balaban J connectivity index is 0.000000185. The van der Waals surface area contributed by atoms with Crippen molar-refractivity contribution in [3.8, 4) is 34.5 Å². The second-order valence-electron chi connectivity index (χ2n) is 27.2. The number of halogens is 3. The van der Waals surface area contributed by atoms with Crippen LogP contribution in [-0.2, 0) is 53.1 Å². The molecule has 3 heterocycles. The smallest absolute Gasteiger partial charge is 0.325 e. The lowest BCUT2D eigenvalue weighted by molar-refractivity contribution is -0.142. The second-order valence-corrected chi connectivity index (χ2v) is 27.2. The van der Waals surface area contributed by atoms with Crippen LogP contribution >= 0.6 is 0 Å². The number of anilines is 3. The van der Waals surface area contributed by atoms with Crippen molar-refractivity contribution in [1.29, 1.82) is 0 Å². The molecular weight excluding hydrogens is 1510 g/mol. The number of esters is 1. The van der Waals surface area contributed by atoms with Gasteiger partial charge in [0.05, 0.1) is 107 Å². The summed E-state index contributed by atoms with van der Waals surface area (Å²) in [7, 11) is 12.9. The summed E-state index contributed by atoms with van der Waals surface area (Å²) < 4.78 is 97.2. The zero-order valence-electron chi connectivity index (χ0n) is 66.6. The van der Waals surface area contributed by atoms with E-state index in [-0.39, 0.29) is 94.3 Å². The quantitative estimate of drug-likeness (QED) is 0.0174. The molecule has 117 heavy (non-hydrogen) atoms. The van der Waals surface area contributed by atoms with Gasteiger partial charge in [-0.1, -0.05) is 18.2 Å². The zero-order chi connectivity index (χ0) is 84.0. The number of methoxy groups -OCH3 is 6. The van der Waals surface area contributed by atoms with Crippen LogP contribution in [0, 0.1) is 17.5 Å². The van der Waals surface area contributed by atoms with Crippen LogP contribution in [-0.4, -0.2) is 140 Å². The Hall–Kier alpha value is -13.6. The number of allylic oxidation sites excluding steroid dienone is 6. The Bertz CT molecular complexity index is 5250. The normalized spacial score (nSPS) is 13.4. The molecule has 0 spiro atoms. The summed E-state index contributed by atoms with van der Waals surface area (Å²) in [6, 6.07) is 35.0. The van der Waals surface area contributed by atoms with Crippen LogP contribution in [0.15, 0.2) is 176 Å². The fourth-order valence-electron chi connectivity index (χ4n) is 13.5. The van der Waals surface area contributed by atoms with Gasteiger partial charge in [0, 0.05) is 13.1 Å². The van der Waals surface area contributed by atoms with E-state index in [1.54, 1.807) is 85.5 Å². The van der Waals surface area contributed by atoms with Gasteiger partial charge in [0.2, 0.25) is 17.7 Å². The van der Waals surface area contributed by atoms with Gasteiger partial charge in [-0.2, -0.15) is 0 Å². The van der Waals surface area contributed by atoms with Gasteiger partial charge in [0.15, 0.2) is 0 Å². The minimum atomic E-state index is -1.02. The number of carboxylic acid groups (broad SMARTS) is 2. The molecule has 25 nitrogen and oxygen atoms in total. The number of hydrogen-bond donors (Lipinski definition) is 8. The van der Waals surface area contributed by atoms with E-state index < -0.39 is 23.7 Å². The summed E-state index contributed by atoms with van der Waals surface area (Å²) in [6.07, 6.45) is 10.6. The van der Waals surface area contributed by atoms with Crippen molar-refractivity contribution < 1.29 is 98.6 Å². The molecule has 0 saturated carbocycles. The van der Waals surface area contributed by atoms with Gasteiger partial charge in [-0.25, -0.2) is 13.2 Å². The Morgan fingerprint density at radius 1 is 0.419 bits per heavy atom. The molecule has 0 fully saturated rings. The van der Waals surface area contributed by atoms with E-state index in [1.165, 1.54) is 79.1 Å².